The second kappa shape index (κ2) is 5.98. The molecule has 1 amide bonds. The number of benzene rings is 1. The van der Waals surface area contributed by atoms with Crippen LogP contribution in [0.5, 0.6) is 0 Å². The van der Waals surface area contributed by atoms with Crippen molar-refractivity contribution in [3.8, 4) is 0 Å². The number of nitro benzene ring substituents is 1. The van der Waals surface area contributed by atoms with E-state index in [9.17, 15) is 14.9 Å². The number of carbonyl (C=O) groups is 1. The van der Waals surface area contributed by atoms with E-state index in [-0.39, 0.29) is 11.6 Å². The number of anilines is 1. The van der Waals surface area contributed by atoms with Gasteiger partial charge in [0, 0.05) is 19.9 Å². The lowest BCUT2D eigenvalue weighted by Crippen LogP contribution is -2.11. The van der Waals surface area contributed by atoms with Gasteiger partial charge in [-0.2, -0.15) is 0 Å². The fourth-order valence-corrected chi connectivity index (χ4v) is 3.24. The normalized spacial score (nSPS) is 13.3. The van der Waals surface area contributed by atoms with Gasteiger partial charge in [0.25, 0.3) is 0 Å². The highest BCUT2D eigenvalue weighted by Crippen LogP contribution is 2.38. The third-order valence-electron chi connectivity index (χ3n) is 4.24. The fourth-order valence-electron chi connectivity index (χ4n) is 3.24. The zero-order valence-electron chi connectivity index (χ0n) is 13.4. The molecule has 0 aliphatic carbocycles. The van der Waals surface area contributed by atoms with E-state index in [1.807, 2.05) is 6.07 Å². The van der Waals surface area contributed by atoms with Gasteiger partial charge in [0.2, 0.25) is 5.91 Å². The van der Waals surface area contributed by atoms with Crippen molar-refractivity contribution < 1.29 is 9.72 Å². The lowest BCUT2D eigenvalue weighted by Gasteiger charge is -2.12. The Labute approximate surface area is 133 Å². The summed E-state index contributed by atoms with van der Waals surface area (Å²) in [5.41, 5.74) is 2.24. The maximum absolute atomic E-state index is 11.7. The fraction of sp³-hybridized carbons (Fsp3) is 0.500. The first-order valence-corrected chi connectivity index (χ1v) is 8.00. The molecule has 0 unspecified atom stereocenters. The first kappa shape index (κ1) is 15.5. The number of nitrogens with one attached hydrogen (secondary N) is 1. The Morgan fingerprint density at radius 2 is 2.30 bits per heavy atom. The van der Waals surface area contributed by atoms with E-state index >= 15 is 0 Å². The predicted octanol–water partition coefficient (Wildman–Crippen LogP) is 3.19. The highest BCUT2D eigenvalue weighted by Gasteiger charge is 2.29. The van der Waals surface area contributed by atoms with Crippen molar-refractivity contribution in [1.82, 2.24) is 9.55 Å². The Bertz CT molecular complexity index is 794. The van der Waals surface area contributed by atoms with Crippen LogP contribution in [0.25, 0.3) is 11.0 Å². The zero-order chi connectivity index (χ0) is 16.6. The van der Waals surface area contributed by atoms with Crippen LogP contribution in [0, 0.1) is 10.1 Å². The molecule has 0 saturated heterocycles. The summed E-state index contributed by atoms with van der Waals surface area (Å²) < 4.78 is 2.06. The van der Waals surface area contributed by atoms with Crippen LogP contribution in [-0.2, 0) is 24.2 Å². The second-order valence-electron chi connectivity index (χ2n) is 5.95. The van der Waals surface area contributed by atoms with E-state index in [1.165, 1.54) is 6.92 Å². The maximum atomic E-state index is 11.7. The molecule has 0 saturated carbocycles. The number of imidazole rings is 1. The standard InChI is InChI=1S/C16H20N4O3/c1-3-4-6-11-9-12-15(18-13-7-5-8-19(12)13)16(20(22)23)14(11)17-10(2)21/h9H,3-8H2,1-2H3,(H,17,21). The number of nitrogens with zero attached hydrogens (tertiary/aromatic N) is 3. The first-order chi connectivity index (χ1) is 11.0. The van der Waals surface area contributed by atoms with Gasteiger partial charge in [-0.1, -0.05) is 13.3 Å². The summed E-state index contributed by atoms with van der Waals surface area (Å²) in [7, 11) is 0. The molecule has 3 rings (SSSR count). The quantitative estimate of drug-likeness (QED) is 0.677. The number of hydrogen-bond acceptors (Lipinski definition) is 4. The SMILES string of the molecule is CCCCc1cc2c(nc3n2CCC3)c([N+](=O)[O-])c1NC(C)=O. The summed E-state index contributed by atoms with van der Waals surface area (Å²) in [4.78, 5) is 27.3. The zero-order valence-corrected chi connectivity index (χ0v) is 13.4. The first-order valence-electron chi connectivity index (χ1n) is 8.00. The van der Waals surface area contributed by atoms with Crippen LogP contribution in [0.1, 0.15) is 44.5 Å². The van der Waals surface area contributed by atoms with Crippen LogP contribution in [-0.4, -0.2) is 20.4 Å². The number of hydrogen-bond donors (Lipinski definition) is 1. The van der Waals surface area contributed by atoms with Crippen molar-refractivity contribution in [2.75, 3.05) is 5.32 Å². The van der Waals surface area contributed by atoms with Crippen molar-refractivity contribution in [1.29, 1.82) is 0 Å². The average molecular weight is 316 g/mol. The summed E-state index contributed by atoms with van der Waals surface area (Å²) in [5.74, 6) is 0.585. The van der Waals surface area contributed by atoms with Gasteiger partial charge >= 0.3 is 5.69 Å². The number of rotatable bonds is 5. The lowest BCUT2D eigenvalue weighted by molar-refractivity contribution is -0.382. The summed E-state index contributed by atoms with van der Waals surface area (Å²) >= 11 is 0. The Morgan fingerprint density at radius 3 is 2.96 bits per heavy atom. The largest absolute Gasteiger partial charge is 0.328 e. The number of fused-ring (bicyclic) bond motifs is 3. The molecule has 1 aromatic carbocycles. The molecule has 2 aromatic rings. The van der Waals surface area contributed by atoms with E-state index in [1.54, 1.807) is 0 Å². The monoisotopic (exact) mass is 316 g/mol. The smallest absolute Gasteiger partial charge is 0.320 e. The Hall–Kier alpha value is -2.44. The van der Waals surface area contributed by atoms with Gasteiger partial charge < -0.3 is 9.88 Å². The lowest BCUT2D eigenvalue weighted by atomic mass is 10.0. The molecule has 1 aromatic heterocycles. The third kappa shape index (κ3) is 2.67. The number of unbranched alkanes of at least 4 members (excludes halogenated alkanes) is 1. The summed E-state index contributed by atoms with van der Waals surface area (Å²) in [6.45, 7) is 4.28. The second-order valence-corrected chi connectivity index (χ2v) is 5.95. The van der Waals surface area contributed by atoms with Crippen LogP contribution in [0.15, 0.2) is 6.07 Å². The minimum atomic E-state index is -0.425. The number of carbonyl (C=O) groups excluding carboxylic acids is 1. The topological polar surface area (TPSA) is 90.1 Å². The summed E-state index contributed by atoms with van der Waals surface area (Å²) in [6, 6.07) is 1.96. The molecule has 0 fully saturated rings. The van der Waals surface area contributed by atoms with E-state index in [0.717, 1.165) is 49.1 Å². The Kier molecular flexibility index (Phi) is 4.02. The van der Waals surface area contributed by atoms with Crippen LogP contribution in [0.2, 0.25) is 0 Å². The van der Waals surface area contributed by atoms with Crippen molar-refractivity contribution in [3.63, 3.8) is 0 Å². The molecule has 23 heavy (non-hydrogen) atoms. The molecule has 0 atom stereocenters. The van der Waals surface area contributed by atoms with Crippen LogP contribution in [0.4, 0.5) is 11.4 Å². The van der Waals surface area contributed by atoms with Crippen LogP contribution < -0.4 is 5.32 Å². The van der Waals surface area contributed by atoms with Gasteiger partial charge in [0.1, 0.15) is 11.5 Å². The van der Waals surface area contributed by atoms with Gasteiger partial charge in [-0.05, 0) is 30.9 Å². The van der Waals surface area contributed by atoms with E-state index in [0.29, 0.717) is 17.6 Å². The third-order valence-corrected chi connectivity index (χ3v) is 4.24. The van der Waals surface area contributed by atoms with E-state index in [2.05, 4.69) is 21.8 Å². The minimum Gasteiger partial charge on any atom is -0.328 e. The van der Waals surface area contributed by atoms with Crippen LogP contribution >= 0.6 is 0 Å². The van der Waals surface area contributed by atoms with Crippen molar-refractivity contribution in [2.45, 2.75) is 52.5 Å². The molecule has 7 heteroatoms. The molecular formula is C16H20N4O3. The number of amides is 1. The predicted molar refractivity (Wildman–Crippen MR) is 87.6 cm³/mol. The number of nitro groups is 1. The molecule has 1 aliphatic heterocycles. The molecule has 0 spiro atoms. The Morgan fingerprint density at radius 1 is 1.52 bits per heavy atom. The van der Waals surface area contributed by atoms with Gasteiger partial charge in [-0.3, -0.25) is 14.9 Å². The van der Waals surface area contributed by atoms with E-state index < -0.39 is 4.92 Å². The Balaban J connectivity index is 2.28. The highest BCUT2D eigenvalue weighted by atomic mass is 16.6. The number of aryl methyl sites for hydroxylation is 3. The van der Waals surface area contributed by atoms with Gasteiger partial charge in [-0.25, -0.2) is 4.98 Å². The van der Waals surface area contributed by atoms with Crippen molar-refractivity contribution in [2.24, 2.45) is 0 Å². The molecule has 1 aliphatic rings. The van der Waals surface area contributed by atoms with Crippen molar-refractivity contribution in [3.05, 3.63) is 27.6 Å². The van der Waals surface area contributed by atoms with Gasteiger partial charge in [-0.15, -0.1) is 0 Å². The molecule has 1 N–H and O–H groups in total. The molecule has 0 radical (unpaired) electrons. The molecule has 2 heterocycles. The minimum absolute atomic E-state index is 0.0781. The molecule has 7 nitrogen and oxygen atoms in total. The average Bonchev–Trinajstić information content (AvgIpc) is 3.05. The van der Waals surface area contributed by atoms with Gasteiger partial charge in [0.05, 0.1) is 10.4 Å². The van der Waals surface area contributed by atoms with Crippen LogP contribution in [0.3, 0.4) is 0 Å². The molecule has 122 valence electrons. The number of aromatic nitrogens is 2. The summed E-state index contributed by atoms with van der Waals surface area (Å²) in [6.07, 6.45) is 4.45. The summed E-state index contributed by atoms with van der Waals surface area (Å²) in [5, 5.41) is 14.3. The maximum Gasteiger partial charge on any atom is 0.320 e. The van der Waals surface area contributed by atoms with Gasteiger partial charge in [0.15, 0.2) is 5.52 Å². The molecule has 0 bridgehead atoms. The van der Waals surface area contributed by atoms with E-state index in [4.69, 9.17) is 0 Å². The van der Waals surface area contributed by atoms with Crippen molar-refractivity contribution >= 4 is 28.3 Å². The highest BCUT2D eigenvalue weighted by molar-refractivity contribution is 6.00. The molecular weight excluding hydrogens is 296 g/mol.